The molecule has 42 heteroatoms. The highest BCUT2D eigenvalue weighted by molar-refractivity contribution is 8.01. The molecule has 6 aromatic rings. The summed E-state index contributed by atoms with van der Waals surface area (Å²) in [5, 5.41) is 6.23. The maximum atomic E-state index is 12.2. The van der Waals surface area contributed by atoms with Crippen molar-refractivity contribution in [3.05, 3.63) is 136 Å². The molecule has 0 radical (unpaired) electrons. The summed E-state index contributed by atoms with van der Waals surface area (Å²) in [7, 11) is 3.84. The van der Waals surface area contributed by atoms with E-state index in [9.17, 15) is 28.8 Å². The highest BCUT2D eigenvalue weighted by atomic mass is 32.2. The fraction of sp³-hybridized carbons (Fsp3) is 0.733. The lowest BCUT2D eigenvalue weighted by Gasteiger charge is -2.23. The summed E-state index contributed by atoms with van der Waals surface area (Å²) >= 11 is 10.0. The monoisotopic (exact) mass is 1960 g/mol. The lowest BCUT2D eigenvalue weighted by atomic mass is 10.2. The molecule has 744 valence electrons. The van der Waals surface area contributed by atoms with E-state index in [1.54, 1.807) is 137 Å². The van der Waals surface area contributed by atoms with Crippen LogP contribution < -0.4 is 64.4 Å². The van der Waals surface area contributed by atoms with E-state index in [1.165, 1.54) is 4.57 Å². The summed E-state index contributed by atoms with van der Waals surface area (Å²) in [5.74, 6) is 8.41. The van der Waals surface area contributed by atoms with E-state index in [-0.39, 0.29) is 134 Å². The largest absolute Gasteiger partial charge is 0.378 e. The van der Waals surface area contributed by atoms with Crippen molar-refractivity contribution in [2.24, 2.45) is 0 Å². The molecule has 6 aliphatic heterocycles. The minimum atomic E-state index is -0.298. The minimum Gasteiger partial charge on any atom is -0.378 e. The number of hydrogen-bond donors (Lipinski definition) is 2. The molecule has 12 heterocycles. The number of nitrogens with zero attached hydrogens (tertiary/aromatic N) is 16. The summed E-state index contributed by atoms with van der Waals surface area (Å²) in [5.41, 5.74) is -2.20. The molecule has 6 fully saturated rings. The highest BCUT2D eigenvalue weighted by Gasteiger charge is 2.36. The normalized spacial score (nSPS) is 21.7. The average molecular weight is 1960 g/mol. The van der Waals surface area contributed by atoms with Crippen LogP contribution in [0, 0.1) is 0 Å². The van der Waals surface area contributed by atoms with E-state index in [0.717, 1.165) is 124 Å². The van der Waals surface area contributed by atoms with Crippen molar-refractivity contribution in [1.82, 2.24) is 57.3 Å². The number of thioether (sulfide) groups is 6. The molecule has 36 nitrogen and oxygen atoms in total. The number of nitrogens with one attached hydrogen (secondary N) is 2. The van der Waals surface area contributed by atoms with Crippen molar-refractivity contribution >= 4 is 105 Å². The van der Waals surface area contributed by atoms with Gasteiger partial charge in [0.15, 0.2) is 0 Å². The summed E-state index contributed by atoms with van der Waals surface area (Å²) < 4.78 is 78.3. The van der Waals surface area contributed by atoms with Gasteiger partial charge >= 0.3 is 34.1 Å². The maximum Gasteiger partial charge on any atom is 0.351 e. The molecule has 0 spiro atoms. The minimum absolute atomic E-state index is 0.00773. The Balaban J connectivity index is 0.000000216. The zero-order valence-electron chi connectivity index (χ0n) is 82.1. The molecule has 12 atom stereocenters. The molecule has 6 saturated heterocycles. The molecule has 0 bridgehead atoms. The fourth-order valence-corrected chi connectivity index (χ4v) is 18.8. The molecule has 0 amide bonds. The van der Waals surface area contributed by atoms with Gasteiger partial charge in [-0.25, -0.2) is 28.8 Å². The number of rotatable bonds is 40. The molecular formula is C90H150N18O18S6. The summed E-state index contributed by atoms with van der Waals surface area (Å²) in [4.78, 5) is 106. The first-order chi connectivity index (χ1) is 62.9. The smallest absolute Gasteiger partial charge is 0.351 e. The number of anilines is 6. The van der Waals surface area contributed by atoms with Crippen molar-refractivity contribution in [2.75, 3.05) is 171 Å². The van der Waals surface area contributed by atoms with E-state index >= 15 is 0 Å². The molecule has 0 saturated carbocycles. The Morgan fingerprint density at radius 3 is 1.01 bits per heavy atom. The highest BCUT2D eigenvalue weighted by Crippen LogP contribution is 2.37. The van der Waals surface area contributed by atoms with Gasteiger partial charge in [0.25, 0.3) is 0 Å². The molecule has 6 aromatic heterocycles. The summed E-state index contributed by atoms with van der Waals surface area (Å²) in [6.45, 7) is 54.4. The first-order valence-corrected chi connectivity index (χ1v) is 52.5. The Morgan fingerprint density at radius 1 is 0.386 bits per heavy atom. The van der Waals surface area contributed by atoms with E-state index in [0.29, 0.717) is 69.0 Å². The van der Waals surface area contributed by atoms with Gasteiger partial charge in [-0.3, -0.25) is 27.4 Å². The molecule has 0 aromatic carbocycles. The fourth-order valence-electron chi connectivity index (χ4n) is 12.8. The van der Waals surface area contributed by atoms with E-state index < -0.39 is 0 Å². The second-order valence-electron chi connectivity index (χ2n) is 34.4. The van der Waals surface area contributed by atoms with Crippen LogP contribution in [-0.4, -0.2) is 266 Å². The second-order valence-corrected chi connectivity index (χ2v) is 41.6. The second kappa shape index (κ2) is 57.8. The van der Waals surface area contributed by atoms with Gasteiger partial charge in [-0.2, -0.15) is 29.9 Å². The molecule has 0 unspecified atom stereocenters. The zero-order chi connectivity index (χ0) is 96.8. The van der Waals surface area contributed by atoms with E-state index in [1.807, 2.05) is 172 Å². The Bertz CT molecular complexity index is 4620. The van der Waals surface area contributed by atoms with Crippen LogP contribution in [0.2, 0.25) is 0 Å². The quantitative estimate of drug-likeness (QED) is 0.0337. The molecule has 6 aliphatic rings. The van der Waals surface area contributed by atoms with E-state index in [4.69, 9.17) is 56.8 Å². The first-order valence-electron chi connectivity index (χ1n) is 46.2. The standard InChI is InChI=1S/6C15H25N3O3S/c1-10(2)16-11-6-7-18(14(19)17-11)12-9-22-13(21-12)8-20-15(3,4)5;1-10(2)17(5)12-6-7-18(15(19)16-12)13-9-22-14(21-13)8-20-11(3)4;1-6-17(5)11-7-8-18(14(19)16-11)12-10-22-13(21-12)9-20-15(2,3)4;1-5-17(6-2)12-7-8-18(15(19)16-12)13-10-22-14(21-13)9-20-11(3)4;1-4-9-20-10-14-21-13(11-22-14)18-8-7-12(16-15(18)19)17(5-2)6-3;1-3-5-9-20-10-14-21-13(11-22-14)18-8-6-12(16-7-4-2)17-15(18)19/h6-7,10,12-13H,8-9H2,1-5H3,(H,16,17,19);6-7,10-11,13-14H,8-9H2,1-5H3;7-8,12-13H,6,9-10H2,1-5H3;7-8,11,13-14H,5-6,9-10H2,1-4H3;7-8,13-14H,4-6,9-11H2,1-3H3;6,8,13-14H,3-5,7,9-11H2,1-2H3,(H,16,17,19)/t12-,13+;13-,14+;12-,13+;3*13-,14+/m111111/s1. The van der Waals surface area contributed by atoms with Crippen molar-refractivity contribution in [2.45, 2.75) is 283 Å². The third kappa shape index (κ3) is 38.2. The van der Waals surface area contributed by atoms with Crippen molar-refractivity contribution < 1.29 is 56.8 Å². The average Bonchev–Trinajstić information content (AvgIpc) is 1.61. The Morgan fingerprint density at radius 2 is 0.697 bits per heavy atom. The van der Waals surface area contributed by atoms with Gasteiger partial charge in [0.2, 0.25) is 0 Å². The molecule has 12 rings (SSSR count). The maximum absolute atomic E-state index is 12.2. The summed E-state index contributed by atoms with van der Waals surface area (Å²) in [6, 6.07) is 11.6. The lowest BCUT2D eigenvalue weighted by molar-refractivity contribution is -0.0684. The third-order valence-corrected chi connectivity index (χ3v) is 26.9. The van der Waals surface area contributed by atoms with Gasteiger partial charge in [-0.1, -0.05) is 27.2 Å². The topological polar surface area (TPSA) is 357 Å². The van der Waals surface area contributed by atoms with Gasteiger partial charge in [-0.05, 0) is 187 Å². The van der Waals surface area contributed by atoms with Crippen molar-refractivity contribution in [3.63, 3.8) is 0 Å². The van der Waals surface area contributed by atoms with Crippen LogP contribution >= 0.6 is 70.6 Å². The number of ether oxygens (including phenoxy) is 12. The van der Waals surface area contributed by atoms with Crippen molar-refractivity contribution in [1.29, 1.82) is 0 Å². The molecule has 0 aliphatic carbocycles. The van der Waals surface area contributed by atoms with Gasteiger partial charge in [-0.15, -0.1) is 70.6 Å². The van der Waals surface area contributed by atoms with Crippen LogP contribution in [0.15, 0.2) is 102 Å². The predicted octanol–water partition coefficient (Wildman–Crippen LogP) is 13.3. The van der Waals surface area contributed by atoms with Gasteiger partial charge in [0.1, 0.15) is 105 Å². The first kappa shape index (κ1) is 113. The van der Waals surface area contributed by atoms with Gasteiger partial charge in [0.05, 0.1) is 63.1 Å². The number of unbranched alkanes of at least 4 members (excludes halogenated alkanes) is 1. The van der Waals surface area contributed by atoms with Crippen LogP contribution in [0.5, 0.6) is 0 Å². The molecule has 132 heavy (non-hydrogen) atoms. The van der Waals surface area contributed by atoms with Crippen LogP contribution in [0.3, 0.4) is 0 Å². The predicted molar refractivity (Wildman–Crippen MR) is 537 cm³/mol. The molecular weight excluding hydrogens is 1810 g/mol. The Hall–Kier alpha value is -6.30. The SMILES string of the molecule is CC(C)Nc1ccn([C@H]2CS[C@@H](COC(C)(C)C)O2)c(=O)n1.CC(C)OC[C@H]1O[C@@H](n2ccc(N(C)C(C)C)nc2=O)CS1.CCCCOC[C@H]1O[C@@H](n2ccc(NCCC)nc2=O)CS1.CCCOC[C@H]1O[C@@H](n2ccc(N(CC)CC)nc2=O)CS1.CCN(C)c1ccn([C@H]2CS[C@@H](COC(C)(C)C)O2)c(=O)n1.CCN(CC)c1ccn([C@H]2CS[C@@H](COC(C)C)O2)c(=O)n1. The Labute approximate surface area is 805 Å². The third-order valence-electron chi connectivity index (χ3n) is 20.3. The van der Waals surface area contributed by atoms with Gasteiger partial charge in [0, 0.05) is 150 Å². The van der Waals surface area contributed by atoms with Crippen LogP contribution in [0.1, 0.15) is 215 Å². The van der Waals surface area contributed by atoms with Gasteiger partial charge < -0.3 is 87.1 Å². The number of hydrogen-bond acceptors (Lipinski definition) is 36. The lowest BCUT2D eigenvalue weighted by Crippen LogP contribution is -2.33. The Kier molecular flexibility index (Phi) is 49.3. The number of aromatic nitrogens is 12. The van der Waals surface area contributed by atoms with Crippen LogP contribution in [0.25, 0.3) is 0 Å². The van der Waals surface area contributed by atoms with Crippen LogP contribution in [-0.2, 0) is 56.8 Å². The van der Waals surface area contributed by atoms with Crippen molar-refractivity contribution in [3.8, 4) is 0 Å². The zero-order valence-corrected chi connectivity index (χ0v) is 87.0. The summed E-state index contributed by atoms with van der Waals surface area (Å²) in [6.07, 6.45) is 13.5. The molecule has 2 N–H and O–H groups in total. The van der Waals surface area contributed by atoms with E-state index in [2.05, 4.69) is 85.0 Å². The van der Waals surface area contributed by atoms with Crippen LogP contribution in [0.4, 0.5) is 34.9 Å².